The molecule has 7 heteroatoms. The Kier molecular flexibility index (Phi) is 3.48. The highest BCUT2D eigenvalue weighted by Crippen LogP contribution is 2.41. The molecule has 1 aliphatic heterocycles. The molecule has 3 rings (SSSR count). The molecule has 1 aromatic rings. The number of fused-ring (bicyclic) bond motifs is 1. The number of benzene rings is 1. The van der Waals surface area contributed by atoms with Gasteiger partial charge in [-0.3, -0.25) is 4.79 Å². The number of nitrogens with two attached hydrogens (primary N) is 1. The van der Waals surface area contributed by atoms with Crippen LogP contribution in [0.4, 0.5) is 0 Å². The number of rotatable bonds is 2. The van der Waals surface area contributed by atoms with E-state index < -0.39 is 30.1 Å². The number of carbonyl (C=O) groups excluding carboxylic acids is 1. The highest BCUT2D eigenvalue weighted by molar-refractivity contribution is 5.95. The quantitative estimate of drug-likeness (QED) is 0.582. The van der Waals surface area contributed by atoms with Gasteiger partial charge in [-0.05, 0) is 24.1 Å². The highest BCUT2D eigenvalue weighted by Gasteiger charge is 2.37. The van der Waals surface area contributed by atoms with Crippen LogP contribution < -0.4 is 15.2 Å². The standard InChI is InChI=1S/C14H17NO6/c15-14(19)8-3-13-12(20-5-21-13)2-6(8)7-1-10(17)11(18)4-9(7)16/h2-3,7,9-11,16-18H,1,4-5H2,(H2,15,19). The lowest BCUT2D eigenvalue weighted by molar-refractivity contribution is -0.0600. The van der Waals surface area contributed by atoms with Gasteiger partial charge in [0.1, 0.15) is 0 Å². The van der Waals surface area contributed by atoms with E-state index >= 15 is 0 Å². The Bertz CT molecular complexity index is 575. The third-order valence-electron chi connectivity index (χ3n) is 4.10. The average Bonchev–Trinajstić information content (AvgIpc) is 2.88. The van der Waals surface area contributed by atoms with Gasteiger partial charge in [0.25, 0.3) is 0 Å². The van der Waals surface area contributed by atoms with E-state index in [0.717, 1.165) is 0 Å². The number of ether oxygens (including phenoxy) is 2. The van der Waals surface area contributed by atoms with Crippen LogP contribution in [0.1, 0.15) is 34.7 Å². The third kappa shape index (κ3) is 2.44. The van der Waals surface area contributed by atoms with Crippen molar-refractivity contribution in [1.82, 2.24) is 0 Å². The van der Waals surface area contributed by atoms with Crippen LogP contribution >= 0.6 is 0 Å². The van der Waals surface area contributed by atoms with E-state index in [1.807, 2.05) is 0 Å². The molecule has 2 aliphatic rings. The summed E-state index contributed by atoms with van der Waals surface area (Å²) in [5.41, 5.74) is 6.13. The Hall–Kier alpha value is -1.83. The summed E-state index contributed by atoms with van der Waals surface area (Å²) >= 11 is 0. The molecule has 1 heterocycles. The number of hydrogen-bond acceptors (Lipinski definition) is 6. The first kappa shape index (κ1) is 14.1. The Morgan fingerprint density at radius 3 is 2.33 bits per heavy atom. The summed E-state index contributed by atoms with van der Waals surface area (Å²) in [6.45, 7) is 0.0611. The van der Waals surface area contributed by atoms with Gasteiger partial charge < -0.3 is 30.5 Å². The second-order valence-electron chi connectivity index (χ2n) is 5.44. The minimum absolute atomic E-state index is 0.0402. The molecule has 7 nitrogen and oxygen atoms in total. The molecule has 1 amide bonds. The monoisotopic (exact) mass is 295 g/mol. The van der Waals surface area contributed by atoms with E-state index in [4.69, 9.17) is 15.2 Å². The number of primary amides is 1. The van der Waals surface area contributed by atoms with Gasteiger partial charge in [0.15, 0.2) is 11.5 Å². The van der Waals surface area contributed by atoms with Crippen LogP contribution in [-0.4, -0.2) is 46.3 Å². The molecule has 114 valence electrons. The summed E-state index contributed by atoms with van der Waals surface area (Å²) in [4.78, 5) is 11.6. The Labute approximate surface area is 120 Å². The van der Waals surface area contributed by atoms with Gasteiger partial charge in [0.2, 0.25) is 12.7 Å². The fourth-order valence-corrected chi connectivity index (χ4v) is 2.96. The maximum absolute atomic E-state index is 11.6. The summed E-state index contributed by atoms with van der Waals surface area (Å²) in [7, 11) is 0. The van der Waals surface area contributed by atoms with Crippen LogP contribution in [0, 0.1) is 0 Å². The van der Waals surface area contributed by atoms with Crippen LogP contribution in [0.25, 0.3) is 0 Å². The Morgan fingerprint density at radius 2 is 1.67 bits per heavy atom. The lowest BCUT2D eigenvalue weighted by Gasteiger charge is -2.35. The molecule has 21 heavy (non-hydrogen) atoms. The van der Waals surface area contributed by atoms with Crippen molar-refractivity contribution in [2.24, 2.45) is 5.73 Å². The number of amides is 1. The average molecular weight is 295 g/mol. The van der Waals surface area contributed by atoms with Crippen molar-refractivity contribution in [3.63, 3.8) is 0 Å². The largest absolute Gasteiger partial charge is 0.454 e. The molecular formula is C14H17NO6. The number of aliphatic hydroxyl groups is 3. The summed E-state index contributed by atoms with van der Waals surface area (Å²) in [6, 6.07) is 3.10. The SMILES string of the molecule is NC(=O)c1cc2c(cc1C1CC(O)C(O)CC1O)OCO2. The molecular weight excluding hydrogens is 278 g/mol. The number of hydrogen-bond donors (Lipinski definition) is 4. The molecule has 5 N–H and O–H groups in total. The van der Waals surface area contributed by atoms with Crippen molar-refractivity contribution in [3.05, 3.63) is 23.3 Å². The molecule has 4 atom stereocenters. The summed E-state index contributed by atoms with van der Waals surface area (Å²) in [6.07, 6.45) is -2.62. The minimum atomic E-state index is -0.970. The van der Waals surface area contributed by atoms with E-state index in [1.54, 1.807) is 6.07 Å². The van der Waals surface area contributed by atoms with Crippen molar-refractivity contribution in [1.29, 1.82) is 0 Å². The number of aliphatic hydroxyl groups excluding tert-OH is 3. The van der Waals surface area contributed by atoms with Crippen molar-refractivity contribution < 1.29 is 29.6 Å². The summed E-state index contributed by atoms with van der Waals surface area (Å²) < 4.78 is 10.5. The van der Waals surface area contributed by atoms with E-state index in [-0.39, 0.29) is 25.2 Å². The van der Waals surface area contributed by atoms with E-state index in [1.165, 1.54) is 6.07 Å². The number of carbonyl (C=O) groups is 1. The molecule has 1 aliphatic carbocycles. The predicted octanol–water partition coefficient (Wildman–Crippen LogP) is -0.526. The topological polar surface area (TPSA) is 122 Å². The van der Waals surface area contributed by atoms with Crippen LogP contribution in [0.2, 0.25) is 0 Å². The van der Waals surface area contributed by atoms with E-state index in [9.17, 15) is 20.1 Å². The second-order valence-corrected chi connectivity index (χ2v) is 5.44. The third-order valence-corrected chi connectivity index (χ3v) is 4.10. The Morgan fingerprint density at radius 1 is 1.05 bits per heavy atom. The normalized spacial score (nSPS) is 31.2. The lowest BCUT2D eigenvalue weighted by Crippen LogP contribution is -2.41. The molecule has 0 spiro atoms. The van der Waals surface area contributed by atoms with Gasteiger partial charge in [-0.2, -0.15) is 0 Å². The van der Waals surface area contributed by atoms with Gasteiger partial charge in [-0.25, -0.2) is 0 Å². The van der Waals surface area contributed by atoms with Crippen LogP contribution in [0.5, 0.6) is 11.5 Å². The lowest BCUT2D eigenvalue weighted by atomic mass is 9.77. The van der Waals surface area contributed by atoms with Gasteiger partial charge in [0, 0.05) is 17.9 Å². The first-order valence-corrected chi connectivity index (χ1v) is 6.75. The zero-order valence-electron chi connectivity index (χ0n) is 11.2. The maximum atomic E-state index is 11.6. The highest BCUT2D eigenvalue weighted by atomic mass is 16.7. The van der Waals surface area contributed by atoms with Gasteiger partial charge >= 0.3 is 0 Å². The smallest absolute Gasteiger partial charge is 0.249 e. The van der Waals surface area contributed by atoms with Crippen LogP contribution in [0.15, 0.2) is 12.1 Å². The maximum Gasteiger partial charge on any atom is 0.249 e. The molecule has 0 saturated heterocycles. The molecule has 0 bridgehead atoms. The Balaban J connectivity index is 2.02. The molecule has 4 unspecified atom stereocenters. The van der Waals surface area contributed by atoms with Crippen LogP contribution in [-0.2, 0) is 0 Å². The zero-order chi connectivity index (χ0) is 15.1. The second kappa shape index (κ2) is 5.18. The van der Waals surface area contributed by atoms with Crippen molar-refractivity contribution in [3.8, 4) is 11.5 Å². The molecule has 0 aromatic heterocycles. The zero-order valence-corrected chi connectivity index (χ0v) is 11.2. The molecule has 1 aromatic carbocycles. The summed E-state index contributed by atoms with van der Waals surface area (Å²) in [5.74, 6) is -0.238. The fraction of sp³-hybridized carbons (Fsp3) is 0.500. The molecule has 1 fully saturated rings. The fourth-order valence-electron chi connectivity index (χ4n) is 2.96. The van der Waals surface area contributed by atoms with Crippen molar-refractivity contribution in [2.45, 2.75) is 37.1 Å². The summed E-state index contributed by atoms with van der Waals surface area (Å²) in [5, 5.41) is 29.6. The van der Waals surface area contributed by atoms with E-state index in [0.29, 0.717) is 17.1 Å². The van der Waals surface area contributed by atoms with Gasteiger partial charge in [0.05, 0.1) is 18.3 Å². The van der Waals surface area contributed by atoms with E-state index in [2.05, 4.69) is 0 Å². The first-order chi connectivity index (χ1) is 9.97. The minimum Gasteiger partial charge on any atom is -0.454 e. The van der Waals surface area contributed by atoms with Crippen molar-refractivity contribution in [2.75, 3.05) is 6.79 Å². The first-order valence-electron chi connectivity index (χ1n) is 6.75. The van der Waals surface area contributed by atoms with Crippen molar-refractivity contribution >= 4 is 5.91 Å². The molecule has 0 radical (unpaired) electrons. The van der Waals surface area contributed by atoms with Gasteiger partial charge in [-0.1, -0.05) is 0 Å². The van der Waals surface area contributed by atoms with Crippen LogP contribution in [0.3, 0.4) is 0 Å². The van der Waals surface area contributed by atoms with Gasteiger partial charge in [-0.15, -0.1) is 0 Å². The molecule has 1 saturated carbocycles. The predicted molar refractivity (Wildman–Crippen MR) is 71.1 cm³/mol.